The molecule has 1 amide bonds. The van der Waals surface area contributed by atoms with Gasteiger partial charge in [-0.15, -0.1) is 5.10 Å². The third-order valence-electron chi connectivity index (χ3n) is 3.35. The first-order valence-electron chi connectivity index (χ1n) is 7.27. The van der Waals surface area contributed by atoms with Gasteiger partial charge in [0.2, 0.25) is 0 Å². The van der Waals surface area contributed by atoms with Gasteiger partial charge in [0.15, 0.2) is 5.69 Å². The van der Waals surface area contributed by atoms with E-state index in [2.05, 4.69) is 26.2 Å². The van der Waals surface area contributed by atoms with Gasteiger partial charge in [0.05, 0.1) is 12.7 Å². The van der Waals surface area contributed by atoms with E-state index in [1.54, 1.807) is 23.2 Å². The average Bonchev–Trinajstić information content (AvgIpc) is 2.96. The number of hydrogen-bond donors (Lipinski definition) is 1. The molecule has 0 spiro atoms. The van der Waals surface area contributed by atoms with E-state index in [0.717, 1.165) is 4.47 Å². The second-order valence-corrected chi connectivity index (χ2v) is 6.33. The molecule has 2 aromatic rings. The summed E-state index contributed by atoms with van der Waals surface area (Å²) in [4.78, 5) is 14.2. The molecule has 2 N–H and O–H groups in total. The average molecular weight is 384 g/mol. The number of rotatable bonds is 6. The smallest absolute Gasteiger partial charge is 0.276 e. The van der Waals surface area contributed by atoms with Crippen molar-refractivity contribution in [2.75, 3.05) is 6.54 Å². The zero-order valence-electron chi connectivity index (χ0n) is 13.0. The van der Waals surface area contributed by atoms with Gasteiger partial charge in [-0.1, -0.05) is 21.1 Å². The summed E-state index contributed by atoms with van der Waals surface area (Å²) in [5.74, 6) is -0.638. The lowest BCUT2D eigenvalue weighted by Crippen LogP contribution is -2.37. The van der Waals surface area contributed by atoms with E-state index in [1.165, 1.54) is 10.7 Å². The van der Waals surface area contributed by atoms with Gasteiger partial charge in [-0.25, -0.2) is 4.39 Å². The first-order valence-corrected chi connectivity index (χ1v) is 8.06. The highest BCUT2D eigenvalue weighted by atomic mass is 79.9. The van der Waals surface area contributed by atoms with Crippen LogP contribution in [0.15, 0.2) is 28.9 Å². The van der Waals surface area contributed by atoms with Crippen molar-refractivity contribution in [3.8, 4) is 0 Å². The minimum absolute atomic E-state index is 0.111. The van der Waals surface area contributed by atoms with Crippen LogP contribution in [-0.2, 0) is 13.1 Å². The van der Waals surface area contributed by atoms with Crippen LogP contribution in [0.5, 0.6) is 0 Å². The molecule has 1 heterocycles. The third-order valence-corrected chi connectivity index (χ3v) is 3.84. The highest BCUT2D eigenvalue weighted by Gasteiger charge is 2.23. The first-order chi connectivity index (χ1) is 10.9. The first kappa shape index (κ1) is 17.6. The maximum Gasteiger partial charge on any atom is 0.276 e. The summed E-state index contributed by atoms with van der Waals surface area (Å²) in [5.41, 5.74) is 6.12. The molecule has 0 fully saturated rings. The van der Waals surface area contributed by atoms with E-state index >= 15 is 0 Å². The minimum atomic E-state index is -0.349. The Kier molecular flexibility index (Phi) is 5.84. The Morgan fingerprint density at radius 2 is 2.22 bits per heavy atom. The van der Waals surface area contributed by atoms with E-state index < -0.39 is 0 Å². The monoisotopic (exact) mass is 383 g/mol. The third kappa shape index (κ3) is 4.35. The molecular formula is C15H19BrFN5O. The molecule has 0 atom stereocenters. The van der Waals surface area contributed by atoms with Gasteiger partial charge >= 0.3 is 0 Å². The standard InChI is InChI=1S/C15H19BrFN5O/c1-10(2)22(8-11-7-12(16)3-4-13(11)17)15(23)14-9-21(6-5-18)20-19-14/h3-4,7,9-10H,5-6,8,18H2,1-2H3. The summed E-state index contributed by atoms with van der Waals surface area (Å²) in [6, 6.07) is 4.56. The van der Waals surface area contributed by atoms with Crippen molar-refractivity contribution in [2.24, 2.45) is 5.73 Å². The number of benzene rings is 1. The van der Waals surface area contributed by atoms with E-state index in [0.29, 0.717) is 18.7 Å². The Hall–Kier alpha value is -1.80. The zero-order valence-corrected chi connectivity index (χ0v) is 14.6. The molecule has 0 radical (unpaired) electrons. The number of hydrogen-bond acceptors (Lipinski definition) is 4. The number of amides is 1. The van der Waals surface area contributed by atoms with Crippen molar-refractivity contribution in [3.05, 3.63) is 45.9 Å². The van der Waals surface area contributed by atoms with Crippen LogP contribution in [0.3, 0.4) is 0 Å². The van der Waals surface area contributed by atoms with E-state index in [4.69, 9.17) is 5.73 Å². The largest absolute Gasteiger partial charge is 0.330 e. The quantitative estimate of drug-likeness (QED) is 0.829. The lowest BCUT2D eigenvalue weighted by atomic mass is 10.1. The Morgan fingerprint density at radius 3 is 2.87 bits per heavy atom. The fraction of sp³-hybridized carbons (Fsp3) is 0.400. The van der Waals surface area contributed by atoms with E-state index in [-0.39, 0.29) is 30.0 Å². The van der Waals surface area contributed by atoms with E-state index in [1.807, 2.05) is 13.8 Å². The van der Waals surface area contributed by atoms with Crippen LogP contribution in [0.1, 0.15) is 29.9 Å². The van der Waals surface area contributed by atoms with Crippen LogP contribution in [0.2, 0.25) is 0 Å². The molecule has 0 aliphatic heterocycles. The number of carbonyl (C=O) groups excluding carboxylic acids is 1. The van der Waals surface area contributed by atoms with Crippen molar-refractivity contribution in [1.29, 1.82) is 0 Å². The Balaban J connectivity index is 2.23. The van der Waals surface area contributed by atoms with Gasteiger partial charge < -0.3 is 10.6 Å². The minimum Gasteiger partial charge on any atom is -0.330 e. The number of nitrogens with two attached hydrogens (primary N) is 1. The topological polar surface area (TPSA) is 77.0 Å². The molecule has 1 aromatic heterocycles. The lowest BCUT2D eigenvalue weighted by Gasteiger charge is -2.26. The Bertz CT molecular complexity index is 688. The normalized spacial score (nSPS) is 11.0. The van der Waals surface area contributed by atoms with Crippen molar-refractivity contribution in [2.45, 2.75) is 33.0 Å². The molecule has 2 rings (SSSR count). The predicted octanol–water partition coefficient (Wildman–Crippen LogP) is 2.19. The number of nitrogens with zero attached hydrogens (tertiary/aromatic N) is 4. The molecule has 0 unspecified atom stereocenters. The Morgan fingerprint density at radius 1 is 1.48 bits per heavy atom. The second-order valence-electron chi connectivity index (χ2n) is 5.42. The van der Waals surface area contributed by atoms with Crippen molar-refractivity contribution < 1.29 is 9.18 Å². The number of halogens is 2. The van der Waals surface area contributed by atoms with Crippen molar-refractivity contribution >= 4 is 21.8 Å². The molecule has 124 valence electrons. The molecule has 0 bridgehead atoms. The summed E-state index contributed by atoms with van der Waals surface area (Å²) < 4.78 is 16.2. The van der Waals surface area contributed by atoms with Crippen LogP contribution >= 0.6 is 15.9 Å². The molecule has 0 aliphatic carbocycles. The lowest BCUT2D eigenvalue weighted by molar-refractivity contribution is 0.0682. The molecule has 0 saturated heterocycles. The van der Waals surface area contributed by atoms with Gasteiger partial charge in [-0.05, 0) is 32.0 Å². The van der Waals surface area contributed by atoms with Crippen LogP contribution in [0.25, 0.3) is 0 Å². The maximum atomic E-state index is 14.0. The van der Waals surface area contributed by atoms with Gasteiger partial charge in [-0.2, -0.15) is 0 Å². The predicted molar refractivity (Wildman–Crippen MR) is 88.2 cm³/mol. The second kappa shape index (κ2) is 7.65. The SMILES string of the molecule is CC(C)N(Cc1cc(Br)ccc1F)C(=O)c1cn(CCN)nn1. The molecule has 0 saturated carbocycles. The summed E-state index contributed by atoms with van der Waals surface area (Å²) in [7, 11) is 0. The van der Waals surface area contributed by atoms with Gasteiger partial charge in [0.1, 0.15) is 5.82 Å². The number of carbonyl (C=O) groups is 1. The number of aromatic nitrogens is 3. The maximum absolute atomic E-state index is 14.0. The highest BCUT2D eigenvalue weighted by molar-refractivity contribution is 9.10. The molecule has 8 heteroatoms. The van der Waals surface area contributed by atoms with Gasteiger partial charge in [0, 0.05) is 29.2 Å². The van der Waals surface area contributed by atoms with E-state index in [9.17, 15) is 9.18 Å². The molecule has 0 aliphatic rings. The van der Waals surface area contributed by atoms with Gasteiger partial charge in [0.25, 0.3) is 5.91 Å². The fourth-order valence-corrected chi connectivity index (χ4v) is 2.53. The summed E-state index contributed by atoms with van der Waals surface area (Å²) in [5, 5.41) is 7.75. The van der Waals surface area contributed by atoms with Gasteiger partial charge in [-0.3, -0.25) is 9.48 Å². The summed E-state index contributed by atoms with van der Waals surface area (Å²) in [6.45, 7) is 4.80. The molecule has 1 aromatic carbocycles. The van der Waals surface area contributed by atoms with Crippen molar-refractivity contribution in [3.63, 3.8) is 0 Å². The molecule has 23 heavy (non-hydrogen) atoms. The highest BCUT2D eigenvalue weighted by Crippen LogP contribution is 2.19. The molecular weight excluding hydrogens is 365 g/mol. The fourth-order valence-electron chi connectivity index (χ4n) is 2.12. The van der Waals surface area contributed by atoms with Crippen LogP contribution in [0.4, 0.5) is 4.39 Å². The molecule has 6 nitrogen and oxygen atoms in total. The Labute approximate surface area is 142 Å². The summed E-state index contributed by atoms with van der Waals surface area (Å²) in [6.07, 6.45) is 1.56. The van der Waals surface area contributed by atoms with Crippen LogP contribution < -0.4 is 5.73 Å². The zero-order chi connectivity index (χ0) is 17.0. The summed E-state index contributed by atoms with van der Waals surface area (Å²) >= 11 is 3.32. The van der Waals surface area contributed by atoms with Crippen LogP contribution in [-0.4, -0.2) is 38.4 Å². The van der Waals surface area contributed by atoms with Crippen LogP contribution in [0, 0.1) is 5.82 Å². The van der Waals surface area contributed by atoms with Crippen molar-refractivity contribution in [1.82, 2.24) is 19.9 Å².